The van der Waals surface area contributed by atoms with Crippen molar-refractivity contribution in [1.82, 2.24) is 9.80 Å². The van der Waals surface area contributed by atoms with Crippen LogP contribution in [0.4, 0.5) is 0 Å². The second kappa shape index (κ2) is 7.70. The minimum absolute atomic E-state index is 0.0304. The minimum Gasteiger partial charge on any atom is -0.392 e. The lowest BCUT2D eigenvalue weighted by Gasteiger charge is -2.39. The lowest BCUT2D eigenvalue weighted by Crippen LogP contribution is -2.57. The molecule has 26 heavy (non-hydrogen) atoms. The van der Waals surface area contributed by atoms with Gasteiger partial charge in [0.25, 0.3) is 5.91 Å². The summed E-state index contributed by atoms with van der Waals surface area (Å²) in [7, 11) is 0. The Kier molecular flexibility index (Phi) is 5.38. The van der Waals surface area contributed by atoms with E-state index in [1.54, 1.807) is 36.1 Å². The fourth-order valence-electron chi connectivity index (χ4n) is 3.20. The molecule has 1 fully saturated rings. The summed E-state index contributed by atoms with van der Waals surface area (Å²) in [6.45, 7) is 5.37. The summed E-state index contributed by atoms with van der Waals surface area (Å²) in [6, 6.07) is 14.5. The summed E-state index contributed by atoms with van der Waals surface area (Å²) < 4.78 is 0. The zero-order chi connectivity index (χ0) is 18.7. The minimum atomic E-state index is -0.487. The Morgan fingerprint density at radius 3 is 2.27 bits per heavy atom. The fraction of sp³-hybridized carbons (Fsp3) is 0.333. The van der Waals surface area contributed by atoms with Crippen LogP contribution in [0.15, 0.2) is 48.5 Å². The Morgan fingerprint density at radius 1 is 1.04 bits per heavy atom. The Bertz CT molecular complexity index is 784. The molecule has 0 bridgehead atoms. The van der Waals surface area contributed by atoms with E-state index in [2.05, 4.69) is 0 Å². The maximum absolute atomic E-state index is 12.8. The highest BCUT2D eigenvalue weighted by Gasteiger charge is 2.34. The molecule has 0 saturated carbocycles. The first-order valence-electron chi connectivity index (χ1n) is 8.84. The molecule has 3 rings (SSSR count). The van der Waals surface area contributed by atoms with Crippen LogP contribution in [0.3, 0.4) is 0 Å². The highest BCUT2D eigenvalue weighted by Crippen LogP contribution is 2.18. The first-order valence-corrected chi connectivity index (χ1v) is 8.84. The molecular weight excluding hydrogens is 328 g/mol. The van der Waals surface area contributed by atoms with Gasteiger partial charge >= 0.3 is 0 Å². The summed E-state index contributed by atoms with van der Waals surface area (Å²) >= 11 is 0. The molecule has 1 heterocycles. The third-order valence-electron chi connectivity index (χ3n) is 4.89. The molecular formula is C21H24N2O3. The van der Waals surface area contributed by atoms with Gasteiger partial charge in [0.05, 0.1) is 6.61 Å². The number of aliphatic hydroxyl groups is 1. The Balaban J connectivity index is 1.68. The van der Waals surface area contributed by atoms with Crippen LogP contribution in [0, 0.1) is 6.92 Å². The van der Waals surface area contributed by atoms with Crippen LogP contribution in [0.25, 0.3) is 0 Å². The van der Waals surface area contributed by atoms with E-state index in [0.29, 0.717) is 25.2 Å². The predicted molar refractivity (Wildman–Crippen MR) is 99.5 cm³/mol. The fourth-order valence-corrected chi connectivity index (χ4v) is 3.20. The molecule has 2 amide bonds. The van der Waals surface area contributed by atoms with E-state index < -0.39 is 6.04 Å². The molecule has 136 valence electrons. The number of carbonyl (C=O) groups is 2. The third kappa shape index (κ3) is 3.78. The number of amides is 2. The van der Waals surface area contributed by atoms with Crippen molar-refractivity contribution < 1.29 is 14.7 Å². The molecule has 1 aliphatic heterocycles. The van der Waals surface area contributed by atoms with Gasteiger partial charge < -0.3 is 14.9 Å². The van der Waals surface area contributed by atoms with E-state index in [1.807, 2.05) is 36.1 Å². The third-order valence-corrected chi connectivity index (χ3v) is 4.89. The van der Waals surface area contributed by atoms with Gasteiger partial charge in [-0.25, -0.2) is 0 Å². The number of aryl methyl sites for hydroxylation is 1. The van der Waals surface area contributed by atoms with E-state index in [0.717, 1.165) is 11.1 Å². The average molecular weight is 352 g/mol. The van der Waals surface area contributed by atoms with Crippen LogP contribution in [0.1, 0.15) is 34.0 Å². The molecule has 5 heteroatoms. The van der Waals surface area contributed by atoms with Crippen LogP contribution in [0.2, 0.25) is 0 Å². The molecule has 1 N–H and O–H groups in total. The van der Waals surface area contributed by atoms with E-state index in [1.165, 1.54) is 5.56 Å². The smallest absolute Gasteiger partial charge is 0.254 e. The number of benzene rings is 2. The van der Waals surface area contributed by atoms with Gasteiger partial charge in [0.15, 0.2) is 0 Å². The number of hydrogen-bond donors (Lipinski definition) is 1. The largest absolute Gasteiger partial charge is 0.392 e. The molecule has 0 unspecified atom stereocenters. The van der Waals surface area contributed by atoms with Crippen LogP contribution in [-0.2, 0) is 17.9 Å². The Morgan fingerprint density at radius 2 is 1.65 bits per heavy atom. The maximum atomic E-state index is 12.8. The van der Waals surface area contributed by atoms with Crippen molar-refractivity contribution in [1.29, 1.82) is 0 Å². The van der Waals surface area contributed by atoms with Crippen LogP contribution in [0.5, 0.6) is 0 Å². The van der Waals surface area contributed by atoms with Gasteiger partial charge in [0, 0.05) is 25.2 Å². The van der Waals surface area contributed by atoms with Gasteiger partial charge in [0.2, 0.25) is 5.91 Å². The lowest BCUT2D eigenvalue weighted by molar-refractivity contribution is -0.140. The second-order valence-electron chi connectivity index (χ2n) is 6.77. The summed E-state index contributed by atoms with van der Waals surface area (Å²) in [6.07, 6.45) is 0. The second-order valence-corrected chi connectivity index (χ2v) is 6.77. The summed E-state index contributed by atoms with van der Waals surface area (Å²) in [5.41, 5.74) is 3.58. The Hall–Kier alpha value is -2.66. The van der Waals surface area contributed by atoms with Crippen molar-refractivity contribution in [3.8, 4) is 0 Å². The molecule has 5 nitrogen and oxygen atoms in total. The monoisotopic (exact) mass is 352 g/mol. The van der Waals surface area contributed by atoms with Gasteiger partial charge in [-0.3, -0.25) is 9.59 Å². The molecule has 1 atom stereocenters. The maximum Gasteiger partial charge on any atom is 0.254 e. The molecule has 1 saturated heterocycles. The predicted octanol–water partition coefficient (Wildman–Crippen LogP) is 2.36. The molecule has 2 aromatic carbocycles. The zero-order valence-corrected chi connectivity index (χ0v) is 15.2. The molecule has 0 radical (unpaired) electrons. The van der Waals surface area contributed by atoms with Crippen LogP contribution in [-0.4, -0.2) is 45.9 Å². The zero-order valence-electron chi connectivity index (χ0n) is 15.2. The highest BCUT2D eigenvalue weighted by atomic mass is 16.3. The quantitative estimate of drug-likeness (QED) is 0.919. The van der Waals surface area contributed by atoms with E-state index in [4.69, 9.17) is 5.11 Å². The number of hydrogen-bond acceptors (Lipinski definition) is 3. The molecule has 1 aliphatic rings. The topological polar surface area (TPSA) is 60.9 Å². The normalized spacial score (nSPS) is 17.5. The van der Waals surface area contributed by atoms with E-state index in [-0.39, 0.29) is 18.4 Å². The number of carbonyl (C=O) groups excluding carboxylic acids is 2. The first-order chi connectivity index (χ1) is 12.5. The van der Waals surface area contributed by atoms with Gasteiger partial charge in [0.1, 0.15) is 6.04 Å². The summed E-state index contributed by atoms with van der Waals surface area (Å²) in [5.74, 6) is -0.178. The van der Waals surface area contributed by atoms with Crippen LogP contribution >= 0.6 is 0 Å². The van der Waals surface area contributed by atoms with Crippen molar-refractivity contribution in [3.63, 3.8) is 0 Å². The van der Waals surface area contributed by atoms with Crippen molar-refractivity contribution in [3.05, 3.63) is 70.8 Å². The van der Waals surface area contributed by atoms with Gasteiger partial charge in [-0.2, -0.15) is 0 Å². The van der Waals surface area contributed by atoms with Crippen LogP contribution < -0.4 is 0 Å². The van der Waals surface area contributed by atoms with Crippen molar-refractivity contribution in [2.45, 2.75) is 33.0 Å². The number of nitrogens with zero attached hydrogens (tertiary/aromatic N) is 2. The van der Waals surface area contributed by atoms with E-state index >= 15 is 0 Å². The van der Waals surface area contributed by atoms with Gasteiger partial charge in [-0.05, 0) is 37.1 Å². The highest BCUT2D eigenvalue weighted by molar-refractivity contribution is 5.98. The van der Waals surface area contributed by atoms with Crippen molar-refractivity contribution in [2.75, 3.05) is 13.1 Å². The van der Waals surface area contributed by atoms with Gasteiger partial charge in [-0.1, -0.05) is 42.0 Å². The summed E-state index contributed by atoms with van der Waals surface area (Å²) in [5, 5.41) is 9.11. The molecule has 0 aromatic heterocycles. The molecule has 2 aromatic rings. The number of rotatable bonds is 4. The Labute approximate surface area is 153 Å². The number of piperazine rings is 1. The SMILES string of the molecule is Cc1ccc(CN2CCN(C(=O)c3ccc(CO)cc3)[C@H](C)C2=O)cc1. The summed E-state index contributed by atoms with van der Waals surface area (Å²) in [4.78, 5) is 28.9. The number of aliphatic hydroxyl groups excluding tert-OH is 1. The first kappa shape index (κ1) is 18.1. The molecule has 0 spiro atoms. The molecule has 0 aliphatic carbocycles. The average Bonchev–Trinajstić information content (AvgIpc) is 2.67. The van der Waals surface area contributed by atoms with Gasteiger partial charge in [-0.15, -0.1) is 0 Å². The standard InChI is InChI=1S/C21H24N2O3/c1-15-3-5-17(6-4-15)13-22-11-12-23(16(2)20(22)25)21(26)19-9-7-18(14-24)8-10-19/h3-10,16,24H,11-14H2,1-2H3/t16-/m1/s1. The lowest BCUT2D eigenvalue weighted by atomic mass is 10.1. The van der Waals surface area contributed by atoms with E-state index in [9.17, 15) is 9.59 Å². The van der Waals surface area contributed by atoms with Crippen molar-refractivity contribution >= 4 is 11.8 Å². The van der Waals surface area contributed by atoms with Crippen molar-refractivity contribution in [2.24, 2.45) is 0 Å².